The molecule has 4 aromatic rings. The molecule has 2 heteroatoms. The van der Waals surface area contributed by atoms with E-state index in [1.54, 1.807) is 11.3 Å². The van der Waals surface area contributed by atoms with Crippen molar-refractivity contribution < 1.29 is 0 Å². The predicted molar refractivity (Wildman–Crippen MR) is 102 cm³/mol. The van der Waals surface area contributed by atoms with Gasteiger partial charge in [-0.05, 0) is 42.5 Å². The second-order valence-electron chi connectivity index (χ2n) is 5.88. The number of benzene rings is 3. The smallest absolute Gasteiger partial charge is 0.117 e. The predicted octanol–water partition coefficient (Wildman–Crippen LogP) is 6.24. The zero-order valence-corrected chi connectivity index (χ0v) is 14.0. The molecule has 4 rings (SSSR count). The summed E-state index contributed by atoms with van der Waals surface area (Å²) in [6, 6.07) is 19.3. The molecule has 0 aliphatic rings. The third-order valence-corrected chi connectivity index (χ3v) is 5.13. The van der Waals surface area contributed by atoms with Crippen molar-refractivity contribution in [1.82, 2.24) is 4.98 Å². The van der Waals surface area contributed by atoms with Gasteiger partial charge in [0.1, 0.15) is 5.01 Å². The fourth-order valence-corrected chi connectivity index (χ4v) is 3.74. The Balaban J connectivity index is 1.79. The maximum absolute atomic E-state index is 4.84. The first-order valence-electron chi connectivity index (χ1n) is 7.74. The average molecular weight is 315 g/mol. The van der Waals surface area contributed by atoms with Gasteiger partial charge in [0.15, 0.2) is 0 Å². The minimum Gasteiger partial charge on any atom is -0.236 e. The molecule has 3 aromatic carbocycles. The summed E-state index contributed by atoms with van der Waals surface area (Å²) < 4.78 is 1.24. The quantitative estimate of drug-likeness (QED) is 0.427. The molecule has 0 aliphatic heterocycles. The van der Waals surface area contributed by atoms with Crippen molar-refractivity contribution in [2.75, 3.05) is 0 Å². The highest BCUT2D eigenvalue weighted by atomic mass is 32.1. The molecule has 1 heterocycles. The maximum Gasteiger partial charge on any atom is 0.117 e. The number of rotatable bonds is 2. The Hall–Kier alpha value is -2.45. The highest BCUT2D eigenvalue weighted by molar-refractivity contribution is 7.19. The molecule has 0 saturated carbocycles. The topological polar surface area (TPSA) is 12.9 Å². The molecule has 0 saturated heterocycles. The van der Waals surface area contributed by atoms with Crippen LogP contribution >= 0.6 is 11.3 Å². The van der Waals surface area contributed by atoms with E-state index in [2.05, 4.69) is 80.6 Å². The van der Waals surface area contributed by atoms with Crippen LogP contribution in [0, 0.1) is 13.8 Å². The summed E-state index contributed by atoms with van der Waals surface area (Å²) in [4.78, 5) is 4.84. The Kier molecular flexibility index (Phi) is 3.47. The Morgan fingerprint density at radius 2 is 1.78 bits per heavy atom. The molecule has 0 radical (unpaired) electrons. The average Bonchev–Trinajstić information content (AvgIpc) is 2.99. The molecule has 1 nitrogen and oxygen atoms in total. The summed E-state index contributed by atoms with van der Waals surface area (Å²) in [5, 5.41) is 3.53. The summed E-state index contributed by atoms with van der Waals surface area (Å²) in [6.07, 6.45) is 4.30. The van der Waals surface area contributed by atoms with Gasteiger partial charge in [-0.2, -0.15) is 0 Å². The van der Waals surface area contributed by atoms with E-state index < -0.39 is 0 Å². The molecule has 0 N–H and O–H groups in total. The van der Waals surface area contributed by atoms with E-state index in [-0.39, 0.29) is 0 Å². The molecular weight excluding hydrogens is 298 g/mol. The van der Waals surface area contributed by atoms with Gasteiger partial charge in [0.05, 0.1) is 10.2 Å². The second-order valence-corrected chi connectivity index (χ2v) is 6.94. The summed E-state index contributed by atoms with van der Waals surface area (Å²) in [6.45, 7) is 4.27. The molecule has 0 unspecified atom stereocenters. The van der Waals surface area contributed by atoms with E-state index in [1.807, 2.05) is 0 Å². The van der Waals surface area contributed by atoms with Gasteiger partial charge in [0.25, 0.3) is 0 Å². The lowest BCUT2D eigenvalue weighted by Gasteiger charge is -2.00. The van der Waals surface area contributed by atoms with Crippen LogP contribution < -0.4 is 0 Å². The number of hydrogen-bond acceptors (Lipinski definition) is 2. The maximum atomic E-state index is 4.84. The minimum absolute atomic E-state index is 1.05. The van der Waals surface area contributed by atoms with Crippen molar-refractivity contribution in [3.05, 3.63) is 76.3 Å². The lowest BCUT2D eigenvalue weighted by atomic mass is 10.1. The van der Waals surface area contributed by atoms with Crippen LogP contribution in [0.1, 0.15) is 21.7 Å². The van der Waals surface area contributed by atoms with E-state index in [1.165, 1.54) is 32.2 Å². The molecule has 0 bridgehead atoms. The third kappa shape index (κ3) is 2.66. The number of hydrogen-bond donors (Lipinski definition) is 0. The van der Waals surface area contributed by atoms with E-state index >= 15 is 0 Å². The summed E-state index contributed by atoms with van der Waals surface area (Å²) in [5.41, 5.74) is 4.94. The fraction of sp³-hybridized carbons (Fsp3) is 0.0952. The normalized spacial score (nSPS) is 11.7. The number of nitrogens with zero attached hydrogens (tertiary/aromatic N) is 1. The van der Waals surface area contributed by atoms with Gasteiger partial charge in [0, 0.05) is 5.39 Å². The van der Waals surface area contributed by atoms with Gasteiger partial charge in [0.2, 0.25) is 0 Å². The van der Waals surface area contributed by atoms with Gasteiger partial charge >= 0.3 is 0 Å². The summed E-state index contributed by atoms with van der Waals surface area (Å²) >= 11 is 1.74. The monoisotopic (exact) mass is 315 g/mol. The third-order valence-electron chi connectivity index (χ3n) is 4.14. The second kappa shape index (κ2) is 5.64. The molecule has 0 amide bonds. The van der Waals surface area contributed by atoms with Gasteiger partial charge in [-0.1, -0.05) is 60.2 Å². The lowest BCUT2D eigenvalue weighted by Crippen LogP contribution is -1.81. The van der Waals surface area contributed by atoms with E-state index in [9.17, 15) is 0 Å². The van der Waals surface area contributed by atoms with Crippen LogP contribution in [0.25, 0.3) is 33.1 Å². The van der Waals surface area contributed by atoms with Gasteiger partial charge < -0.3 is 0 Å². The Bertz CT molecular complexity index is 1040. The SMILES string of the molecule is Cc1ccc(C)c(/C=C/c2nc3c(ccc4ccccc43)s2)c1. The molecule has 112 valence electrons. The van der Waals surface area contributed by atoms with Crippen LogP contribution in [0.5, 0.6) is 0 Å². The van der Waals surface area contributed by atoms with Crippen molar-refractivity contribution in [2.24, 2.45) is 0 Å². The van der Waals surface area contributed by atoms with Gasteiger partial charge in [-0.15, -0.1) is 11.3 Å². The van der Waals surface area contributed by atoms with E-state index in [0.717, 1.165) is 10.5 Å². The highest BCUT2D eigenvalue weighted by Crippen LogP contribution is 2.30. The van der Waals surface area contributed by atoms with Crippen molar-refractivity contribution >= 4 is 44.5 Å². The zero-order valence-electron chi connectivity index (χ0n) is 13.2. The van der Waals surface area contributed by atoms with Gasteiger partial charge in [-0.3, -0.25) is 0 Å². The van der Waals surface area contributed by atoms with Crippen LogP contribution in [-0.2, 0) is 0 Å². The van der Waals surface area contributed by atoms with Crippen LogP contribution in [-0.4, -0.2) is 4.98 Å². The van der Waals surface area contributed by atoms with E-state index in [4.69, 9.17) is 4.98 Å². The summed E-state index contributed by atoms with van der Waals surface area (Å²) in [5.74, 6) is 0. The van der Waals surface area contributed by atoms with Crippen LogP contribution in [0.3, 0.4) is 0 Å². The van der Waals surface area contributed by atoms with Crippen molar-refractivity contribution in [3.8, 4) is 0 Å². The number of aryl methyl sites for hydroxylation is 2. The number of thiazole rings is 1. The Morgan fingerprint density at radius 3 is 2.70 bits per heavy atom. The molecule has 0 atom stereocenters. The molecule has 0 fully saturated rings. The van der Waals surface area contributed by atoms with Gasteiger partial charge in [-0.25, -0.2) is 4.98 Å². The molecular formula is C21H17NS. The number of aromatic nitrogens is 1. The number of fused-ring (bicyclic) bond motifs is 3. The first kappa shape index (κ1) is 14.2. The zero-order chi connectivity index (χ0) is 15.8. The Morgan fingerprint density at radius 1 is 0.913 bits per heavy atom. The molecule has 0 spiro atoms. The largest absolute Gasteiger partial charge is 0.236 e. The van der Waals surface area contributed by atoms with Crippen LogP contribution in [0.2, 0.25) is 0 Å². The molecule has 0 aliphatic carbocycles. The van der Waals surface area contributed by atoms with Crippen molar-refractivity contribution in [1.29, 1.82) is 0 Å². The van der Waals surface area contributed by atoms with Crippen LogP contribution in [0.15, 0.2) is 54.6 Å². The minimum atomic E-state index is 1.05. The summed E-state index contributed by atoms with van der Waals surface area (Å²) in [7, 11) is 0. The van der Waals surface area contributed by atoms with Crippen molar-refractivity contribution in [3.63, 3.8) is 0 Å². The van der Waals surface area contributed by atoms with Crippen molar-refractivity contribution in [2.45, 2.75) is 13.8 Å². The lowest BCUT2D eigenvalue weighted by molar-refractivity contribution is 1.38. The van der Waals surface area contributed by atoms with E-state index in [0.29, 0.717) is 0 Å². The standard InChI is InChI=1S/C21H17NS/c1-14-7-8-15(2)17(13-14)10-12-20-22-21-18-6-4-3-5-16(18)9-11-19(21)23-20/h3-13H,1-2H3/b12-10+. The molecule has 23 heavy (non-hydrogen) atoms. The van der Waals surface area contributed by atoms with Crippen LogP contribution in [0.4, 0.5) is 0 Å². The first-order chi connectivity index (χ1) is 11.2. The highest BCUT2D eigenvalue weighted by Gasteiger charge is 2.05. The first-order valence-corrected chi connectivity index (χ1v) is 8.56. The Labute approximate surface area is 139 Å². The fourth-order valence-electron chi connectivity index (χ4n) is 2.85. The molecule has 1 aromatic heterocycles.